The van der Waals surface area contributed by atoms with Gasteiger partial charge in [-0.3, -0.25) is 4.79 Å². The molecule has 0 radical (unpaired) electrons. The summed E-state index contributed by atoms with van der Waals surface area (Å²) in [5, 5.41) is 12.3. The molecule has 1 atom stereocenters. The van der Waals surface area contributed by atoms with E-state index in [0.717, 1.165) is 21.8 Å². The van der Waals surface area contributed by atoms with Gasteiger partial charge in [0.05, 0.1) is 22.1 Å². The van der Waals surface area contributed by atoms with Gasteiger partial charge in [0, 0.05) is 24.9 Å². The van der Waals surface area contributed by atoms with Crippen molar-refractivity contribution in [2.45, 2.75) is 30.8 Å². The van der Waals surface area contributed by atoms with Crippen molar-refractivity contribution >= 4 is 44.9 Å². The second-order valence-electron chi connectivity index (χ2n) is 7.12. The van der Waals surface area contributed by atoms with Crippen molar-refractivity contribution in [3.05, 3.63) is 54.4 Å². The number of carbonyl (C=O) groups excluding carboxylic acids is 1. The molecule has 2 aromatic heterocycles. The topological polar surface area (TPSA) is 81.9 Å². The predicted octanol–water partition coefficient (Wildman–Crippen LogP) is 4.63. The normalized spacial score (nSPS) is 12.2. The van der Waals surface area contributed by atoms with Crippen molar-refractivity contribution in [1.82, 2.24) is 19.7 Å². The lowest BCUT2D eigenvalue weighted by Crippen LogP contribution is -2.23. The van der Waals surface area contributed by atoms with Crippen LogP contribution in [0, 0.1) is 6.92 Å². The van der Waals surface area contributed by atoms with E-state index in [-0.39, 0.29) is 11.2 Å². The lowest BCUT2D eigenvalue weighted by atomic mass is 10.2. The van der Waals surface area contributed by atoms with Crippen LogP contribution in [0.4, 0.5) is 5.69 Å². The Morgan fingerprint density at radius 3 is 2.84 bits per heavy atom. The molecule has 4 aromatic rings. The van der Waals surface area contributed by atoms with E-state index < -0.39 is 0 Å². The predicted molar refractivity (Wildman–Crippen MR) is 126 cm³/mol. The number of nitrogens with one attached hydrogen (secondary N) is 1. The fourth-order valence-corrected chi connectivity index (χ4v) is 4.91. The number of hydrogen-bond acceptors (Lipinski definition) is 7. The minimum Gasteiger partial charge on any atom is -0.383 e. The average Bonchev–Trinajstić information content (AvgIpc) is 3.39. The molecule has 31 heavy (non-hydrogen) atoms. The number of nitrogens with zero attached hydrogens (tertiary/aromatic N) is 4. The Balaban J connectivity index is 1.40. The fraction of sp³-hybridized carbons (Fsp3) is 0.273. The largest absolute Gasteiger partial charge is 0.383 e. The third-order valence-electron chi connectivity index (χ3n) is 4.71. The summed E-state index contributed by atoms with van der Waals surface area (Å²) in [6, 6.07) is 14.1. The molecule has 7 nitrogen and oxygen atoms in total. The molecule has 0 saturated heterocycles. The molecule has 1 unspecified atom stereocenters. The molecular formula is C22H23N5O2S2. The highest BCUT2D eigenvalue weighted by molar-refractivity contribution is 8.00. The number of thioether (sulfide) groups is 1. The van der Waals surface area contributed by atoms with Gasteiger partial charge in [-0.05, 0) is 55.8 Å². The van der Waals surface area contributed by atoms with Gasteiger partial charge >= 0.3 is 0 Å². The average molecular weight is 454 g/mol. The zero-order chi connectivity index (χ0) is 21.8. The molecule has 0 aliphatic rings. The summed E-state index contributed by atoms with van der Waals surface area (Å²) >= 11 is 3.04. The molecule has 0 saturated carbocycles. The van der Waals surface area contributed by atoms with Gasteiger partial charge in [-0.25, -0.2) is 4.98 Å². The van der Waals surface area contributed by atoms with Gasteiger partial charge in [-0.2, -0.15) is 0 Å². The van der Waals surface area contributed by atoms with Crippen LogP contribution in [0.15, 0.2) is 53.9 Å². The summed E-state index contributed by atoms with van der Waals surface area (Å²) in [5.74, 6) is -0.0884. The summed E-state index contributed by atoms with van der Waals surface area (Å²) in [7, 11) is 1.65. The van der Waals surface area contributed by atoms with E-state index in [1.54, 1.807) is 24.8 Å². The van der Waals surface area contributed by atoms with Crippen LogP contribution in [0.25, 0.3) is 20.8 Å². The Hall–Kier alpha value is -2.75. The number of rotatable bonds is 8. The number of carbonyl (C=O) groups is 1. The Morgan fingerprint density at radius 2 is 2.06 bits per heavy atom. The van der Waals surface area contributed by atoms with Crippen LogP contribution in [-0.2, 0) is 16.1 Å². The number of fused-ring (bicyclic) bond motifs is 1. The van der Waals surface area contributed by atoms with E-state index in [4.69, 9.17) is 9.72 Å². The van der Waals surface area contributed by atoms with Crippen LogP contribution >= 0.6 is 23.1 Å². The lowest BCUT2D eigenvalue weighted by Gasteiger charge is -2.12. The number of thiazole rings is 1. The molecular weight excluding hydrogens is 430 g/mol. The summed E-state index contributed by atoms with van der Waals surface area (Å²) in [6.07, 6.45) is 1.65. The van der Waals surface area contributed by atoms with Crippen LogP contribution in [-0.4, -0.2) is 44.6 Å². The minimum atomic E-state index is -0.322. The van der Waals surface area contributed by atoms with Gasteiger partial charge in [0.2, 0.25) is 5.91 Å². The van der Waals surface area contributed by atoms with Gasteiger partial charge in [-0.15, -0.1) is 21.5 Å². The van der Waals surface area contributed by atoms with E-state index in [9.17, 15) is 4.79 Å². The monoisotopic (exact) mass is 453 g/mol. The molecule has 0 spiro atoms. The number of methoxy groups -OCH3 is 1. The first kappa shape index (κ1) is 21.5. The molecule has 0 aliphatic carbocycles. The van der Waals surface area contributed by atoms with Crippen molar-refractivity contribution in [2.24, 2.45) is 0 Å². The molecule has 1 amide bonds. The smallest absolute Gasteiger partial charge is 0.237 e. The van der Waals surface area contributed by atoms with Gasteiger partial charge < -0.3 is 14.6 Å². The van der Waals surface area contributed by atoms with Gasteiger partial charge in [0.15, 0.2) is 5.16 Å². The number of ether oxygens (including phenoxy) is 1. The molecule has 1 N–H and O–H groups in total. The van der Waals surface area contributed by atoms with Crippen molar-refractivity contribution < 1.29 is 9.53 Å². The third-order valence-corrected chi connectivity index (χ3v) is 6.87. The van der Waals surface area contributed by atoms with Crippen LogP contribution in [0.3, 0.4) is 0 Å². The number of aryl methyl sites for hydroxylation is 1. The summed E-state index contributed by atoms with van der Waals surface area (Å²) in [6.45, 7) is 5.14. The molecule has 2 heterocycles. The van der Waals surface area contributed by atoms with Crippen molar-refractivity contribution in [1.29, 1.82) is 0 Å². The molecule has 2 aromatic carbocycles. The summed E-state index contributed by atoms with van der Waals surface area (Å²) in [4.78, 5) is 17.4. The number of aromatic nitrogens is 4. The number of amides is 1. The van der Waals surface area contributed by atoms with E-state index >= 15 is 0 Å². The van der Waals surface area contributed by atoms with Crippen molar-refractivity contribution in [3.63, 3.8) is 0 Å². The highest BCUT2D eigenvalue weighted by Gasteiger charge is 2.18. The van der Waals surface area contributed by atoms with E-state index in [2.05, 4.69) is 40.6 Å². The maximum absolute atomic E-state index is 12.6. The van der Waals surface area contributed by atoms with Gasteiger partial charge in [-0.1, -0.05) is 17.8 Å². The van der Waals surface area contributed by atoms with E-state index in [0.29, 0.717) is 18.3 Å². The molecule has 160 valence electrons. The number of benzene rings is 2. The first-order chi connectivity index (χ1) is 15.0. The zero-order valence-electron chi connectivity index (χ0n) is 17.5. The second kappa shape index (κ2) is 9.59. The maximum Gasteiger partial charge on any atom is 0.237 e. The Bertz CT molecular complexity index is 1190. The Labute approximate surface area is 188 Å². The lowest BCUT2D eigenvalue weighted by molar-refractivity contribution is -0.115. The minimum absolute atomic E-state index is 0.0884. The molecule has 0 fully saturated rings. The van der Waals surface area contributed by atoms with Crippen LogP contribution in [0.5, 0.6) is 0 Å². The summed E-state index contributed by atoms with van der Waals surface area (Å²) in [5.41, 5.74) is 4.02. The Kier molecular flexibility index (Phi) is 6.64. The van der Waals surface area contributed by atoms with E-state index in [1.165, 1.54) is 22.0 Å². The fourth-order valence-electron chi connectivity index (χ4n) is 2.99. The van der Waals surface area contributed by atoms with Crippen LogP contribution < -0.4 is 5.32 Å². The zero-order valence-corrected chi connectivity index (χ0v) is 19.2. The number of anilines is 1. The quantitative estimate of drug-likeness (QED) is 0.392. The molecule has 0 bridgehead atoms. The highest BCUT2D eigenvalue weighted by Crippen LogP contribution is 2.31. The second-order valence-corrected chi connectivity index (χ2v) is 9.46. The first-order valence-electron chi connectivity index (χ1n) is 9.85. The van der Waals surface area contributed by atoms with Gasteiger partial charge in [0.25, 0.3) is 0 Å². The molecule has 9 heteroatoms. The Morgan fingerprint density at radius 1 is 1.26 bits per heavy atom. The summed E-state index contributed by atoms with van der Waals surface area (Å²) < 4.78 is 8.16. The van der Waals surface area contributed by atoms with Crippen LogP contribution in [0.1, 0.15) is 12.5 Å². The molecule has 0 aliphatic heterocycles. The van der Waals surface area contributed by atoms with Gasteiger partial charge in [0.1, 0.15) is 11.3 Å². The maximum atomic E-state index is 12.6. The van der Waals surface area contributed by atoms with Crippen LogP contribution in [0.2, 0.25) is 0 Å². The highest BCUT2D eigenvalue weighted by atomic mass is 32.2. The first-order valence-corrected chi connectivity index (χ1v) is 11.5. The third kappa shape index (κ3) is 5.12. The van der Waals surface area contributed by atoms with Crippen molar-refractivity contribution in [3.8, 4) is 10.6 Å². The van der Waals surface area contributed by atoms with E-state index in [1.807, 2.05) is 35.8 Å². The SMILES string of the molecule is COCCn1cnnc1SC(C)C(=O)Nc1ccc(-c2nc3ccc(C)cc3s2)cc1. The molecule has 4 rings (SSSR count). The van der Waals surface area contributed by atoms with Crippen molar-refractivity contribution in [2.75, 3.05) is 19.0 Å². The standard InChI is InChI=1S/C22H23N5O2S2/c1-14-4-9-18-19(12-14)31-21(25-18)16-5-7-17(8-6-16)24-20(28)15(2)30-22-26-23-13-27(22)10-11-29-3/h4-9,12-13,15H,10-11H2,1-3H3,(H,24,28). The number of hydrogen-bond donors (Lipinski definition) is 1.